The monoisotopic (exact) mass is 188 g/mol. The molecule has 0 saturated carbocycles. The predicted molar refractivity (Wildman–Crippen MR) is 51.4 cm³/mol. The number of benzene rings is 1. The van der Waals surface area contributed by atoms with E-state index in [9.17, 15) is 4.39 Å². The SMILES string of the molecule is [2H]c1nncc2c1[nH]c1ccc(F)cc12. The van der Waals surface area contributed by atoms with Crippen molar-refractivity contribution in [3.8, 4) is 0 Å². The fraction of sp³-hybridized carbons (Fsp3) is 0. The first-order valence-corrected chi connectivity index (χ1v) is 4.15. The lowest BCUT2D eigenvalue weighted by molar-refractivity contribution is 0.630. The van der Waals surface area contributed by atoms with Crippen molar-refractivity contribution in [1.29, 1.82) is 0 Å². The van der Waals surface area contributed by atoms with E-state index in [1.807, 2.05) is 0 Å². The van der Waals surface area contributed by atoms with E-state index in [4.69, 9.17) is 1.37 Å². The third kappa shape index (κ3) is 0.907. The van der Waals surface area contributed by atoms with E-state index in [1.54, 1.807) is 6.07 Å². The average molecular weight is 188 g/mol. The molecule has 14 heavy (non-hydrogen) atoms. The number of halogens is 1. The first kappa shape index (κ1) is 6.48. The van der Waals surface area contributed by atoms with E-state index in [2.05, 4.69) is 15.2 Å². The van der Waals surface area contributed by atoms with Crippen LogP contribution in [0.4, 0.5) is 4.39 Å². The van der Waals surface area contributed by atoms with Gasteiger partial charge >= 0.3 is 0 Å². The zero-order valence-corrected chi connectivity index (χ0v) is 7.08. The molecule has 68 valence electrons. The van der Waals surface area contributed by atoms with Crippen LogP contribution in [0.5, 0.6) is 0 Å². The summed E-state index contributed by atoms with van der Waals surface area (Å²) in [6.07, 6.45) is 1.61. The Balaban J connectivity index is 2.58. The molecule has 0 aliphatic rings. The van der Waals surface area contributed by atoms with Crippen LogP contribution in [0.3, 0.4) is 0 Å². The van der Waals surface area contributed by atoms with E-state index in [0.717, 1.165) is 16.3 Å². The third-order valence-corrected chi connectivity index (χ3v) is 2.21. The van der Waals surface area contributed by atoms with Crippen molar-refractivity contribution in [2.45, 2.75) is 0 Å². The lowest BCUT2D eigenvalue weighted by Gasteiger charge is -1.89. The van der Waals surface area contributed by atoms with Crippen molar-refractivity contribution < 1.29 is 5.76 Å². The predicted octanol–water partition coefficient (Wildman–Crippen LogP) is 2.25. The van der Waals surface area contributed by atoms with Crippen LogP contribution in [0.1, 0.15) is 1.37 Å². The molecule has 0 aliphatic heterocycles. The Bertz CT molecular complexity index is 662. The molecule has 0 aliphatic carbocycles. The molecule has 0 fully saturated rings. The van der Waals surface area contributed by atoms with Crippen molar-refractivity contribution >= 4 is 21.8 Å². The van der Waals surface area contributed by atoms with E-state index in [1.165, 1.54) is 18.3 Å². The minimum absolute atomic E-state index is 0.0732. The molecule has 0 saturated heterocycles. The first-order chi connectivity index (χ1) is 7.25. The molecule has 3 rings (SSSR count). The van der Waals surface area contributed by atoms with Gasteiger partial charge in [-0.25, -0.2) is 4.39 Å². The smallest absolute Gasteiger partial charge is 0.123 e. The van der Waals surface area contributed by atoms with Crippen LogP contribution in [0, 0.1) is 5.82 Å². The van der Waals surface area contributed by atoms with Crippen molar-refractivity contribution in [1.82, 2.24) is 15.2 Å². The van der Waals surface area contributed by atoms with Gasteiger partial charge in [0.1, 0.15) is 5.82 Å². The van der Waals surface area contributed by atoms with Crippen LogP contribution in [0.2, 0.25) is 0 Å². The Morgan fingerprint density at radius 3 is 3.07 bits per heavy atom. The molecule has 0 amide bonds. The first-order valence-electron chi connectivity index (χ1n) is 4.65. The number of fused-ring (bicyclic) bond motifs is 3. The fourth-order valence-corrected chi connectivity index (χ4v) is 1.57. The summed E-state index contributed by atoms with van der Waals surface area (Å²) in [4.78, 5) is 3.02. The number of nitrogens with zero attached hydrogens (tertiary/aromatic N) is 2. The Hall–Kier alpha value is -1.97. The van der Waals surface area contributed by atoms with Crippen molar-refractivity contribution in [2.24, 2.45) is 0 Å². The van der Waals surface area contributed by atoms with Gasteiger partial charge in [0.05, 0.1) is 19.3 Å². The second-order valence-corrected chi connectivity index (χ2v) is 3.06. The highest BCUT2D eigenvalue weighted by molar-refractivity contribution is 6.06. The van der Waals surface area contributed by atoms with Gasteiger partial charge in [0.15, 0.2) is 0 Å². The molecule has 0 radical (unpaired) electrons. The van der Waals surface area contributed by atoms with Crippen LogP contribution >= 0.6 is 0 Å². The number of aromatic amines is 1. The average Bonchev–Trinajstić information content (AvgIpc) is 2.58. The number of nitrogens with one attached hydrogen (secondary N) is 1. The summed E-state index contributed by atoms with van der Waals surface area (Å²) in [5.41, 5.74) is 1.38. The van der Waals surface area contributed by atoms with Crippen LogP contribution in [-0.4, -0.2) is 15.2 Å². The summed E-state index contributed by atoms with van der Waals surface area (Å²) < 4.78 is 20.6. The van der Waals surface area contributed by atoms with E-state index in [0.29, 0.717) is 5.52 Å². The number of rotatable bonds is 0. The van der Waals surface area contributed by atoms with Crippen LogP contribution in [0.15, 0.2) is 30.6 Å². The molecule has 1 aromatic carbocycles. The van der Waals surface area contributed by atoms with Crippen LogP contribution in [0.25, 0.3) is 21.8 Å². The highest BCUT2D eigenvalue weighted by Crippen LogP contribution is 2.24. The summed E-state index contributed by atoms with van der Waals surface area (Å²) in [6, 6.07) is 4.45. The molecule has 0 spiro atoms. The fourth-order valence-electron chi connectivity index (χ4n) is 1.57. The van der Waals surface area contributed by atoms with Gasteiger partial charge in [0.25, 0.3) is 0 Å². The second-order valence-electron chi connectivity index (χ2n) is 3.06. The summed E-state index contributed by atoms with van der Waals surface area (Å²) in [5, 5.41) is 8.76. The number of aromatic nitrogens is 3. The molecule has 0 atom stereocenters. The Morgan fingerprint density at radius 1 is 1.21 bits per heavy atom. The topological polar surface area (TPSA) is 41.6 Å². The lowest BCUT2D eigenvalue weighted by Crippen LogP contribution is -1.76. The molecule has 3 aromatic rings. The van der Waals surface area contributed by atoms with Crippen LogP contribution in [-0.2, 0) is 0 Å². The number of hydrogen-bond donors (Lipinski definition) is 1. The number of hydrogen-bond acceptors (Lipinski definition) is 2. The van der Waals surface area contributed by atoms with Gasteiger partial charge in [-0.05, 0) is 18.2 Å². The van der Waals surface area contributed by atoms with Gasteiger partial charge in [-0.1, -0.05) is 0 Å². The maximum atomic E-state index is 13.0. The van der Waals surface area contributed by atoms with Crippen molar-refractivity contribution in [3.63, 3.8) is 0 Å². The van der Waals surface area contributed by atoms with Crippen LogP contribution < -0.4 is 0 Å². The minimum atomic E-state index is -0.299. The molecule has 0 bridgehead atoms. The summed E-state index contributed by atoms with van der Waals surface area (Å²) >= 11 is 0. The molecule has 0 unspecified atom stereocenters. The standard InChI is InChI=1S/C10H6FN3/c11-6-1-2-9-7(3-6)8-4-12-13-5-10(8)14-9/h1-5,14H/i5D. The minimum Gasteiger partial charge on any atom is -0.353 e. The maximum Gasteiger partial charge on any atom is 0.123 e. The zero-order valence-electron chi connectivity index (χ0n) is 8.08. The molecule has 1 N–H and O–H groups in total. The van der Waals surface area contributed by atoms with Gasteiger partial charge in [-0.3, -0.25) is 0 Å². The van der Waals surface area contributed by atoms with E-state index < -0.39 is 0 Å². The Morgan fingerprint density at radius 2 is 2.14 bits per heavy atom. The van der Waals surface area contributed by atoms with E-state index in [-0.39, 0.29) is 12.0 Å². The molecule has 4 heteroatoms. The van der Waals surface area contributed by atoms with Gasteiger partial charge in [-0.15, -0.1) is 0 Å². The largest absolute Gasteiger partial charge is 0.353 e. The second kappa shape index (κ2) is 2.51. The summed E-state index contributed by atoms with van der Waals surface area (Å²) in [5.74, 6) is -0.299. The van der Waals surface area contributed by atoms with Gasteiger partial charge < -0.3 is 4.98 Å². The molecule has 3 nitrogen and oxygen atoms in total. The molecule has 2 heterocycles. The highest BCUT2D eigenvalue weighted by Gasteiger charge is 2.04. The molecule has 2 aromatic heterocycles. The maximum absolute atomic E-state index is 13.0. The quantitative estimate of drug-likeness (QED) is 0.587. The van der Waals surface area contributed by atoms with Gasteiger partial charge in [0, 0.05) is 16.3 Å². The van der Waals surface area contributed by atoms with Gasteiger partial charge in [0.2, 0.25) is 0 Å². The van der Waals surface area contributed by atoms with Crippen molar-refractivity contribution in [2.75, 3.05) is 0 Å². The molecular formula is C10H6FN3. The Kier molecular flexibility index (Phi) is 1.16. The lowest BCUT2D eigenvalue weighted by atomic mass is 10.2. The molecular weight excluding hydrogens is 181 g/mol. The Labute approximate surface area is 80.0 Å². The normalized spacial score (nSPS) is 12.2. The van der Waals surface area contributed by atoms with Crippen molar-refractivity contribution in [3.05, 3.63) is 36.4 Å². The highest BCUT2D eigenvalue weighted by atomic mass is 19.1. The number of H-pyrrole nitrogens is 1. The summed E-state index contributed by atoms with van der Waals surface area (Å²) in [7, 11) is 0. The van der Waals surface area contributed by atoms with E-state index >= 15 is 0 Å². The zero-order chi connectivity index (χ0) is 10.4. The summed E-state index contributed by atoms with van der Waals surface area (Å²) in [6.45, 7) is 0. The van der Waals surface area contributed by atoms with Gasteiger partial charge in [-0.2, -0.15) is 10.2 Å². The third-order valence-electron chi connectivity index (χ3n) is 2.21.